The summed E-state index contributed by atoms with van der Waals surface area (Å²) in [5.74, 6) is -1.65. The average molecular weight is 413 g/mol. The van der Waals surface area contributed by atoms with Gasteiger partial charge in [0.1, 0.15) is 6.54 Å². The van der Waals surface area contributed by atoms with Crippen molar-refractivity contribution in [1.82, 2.24) is 20.4 Å². The number of hydrogen-bond donors (Lipinski definition) is 3. The van der Waals surface area contributed by atoms with Crippen molar-refractivity contribution < 1.29 is 19.1 Å². The van der Waals surface area contributed by atoms with Crippen LogP contribution < -0.4 is 16.0 Å². The highest BCUT2D eigenvalue weighted by molar-refractivity contribution is 6.39. The minimum atomic E-state index is -0.791. The van der Waals surface area contributed by atoms with Crippen molar-refractivity contribution in [1.29, 1.82) is 0 Å². The summed E-state index contributed by atoms with van der Waals surface area (Å²) in [6.07, 6.45) is 7.24. The highest BCUT2D eigenvalue weighted by atomic mass is 16.5. The molecule has 9 nitrogen and oxygen atoms in total. The summed E-state index contributed by atoms with van der Waals surface area (Å²) < 4.78 is 6.48. The monoisotopic (exact) mass is 413 g/mol. The highest BCUT2D eigenvalue weighted by Crippen LogP contribution is 2.17. The number of methoxy groups -OCH3 is 1. The Hall–Kier alpha value is -3.20. The van der Waals surface area contributed by atoms with Gasteiger partial charge in [-0.05, 0) is 24.0 Å². The van der Waals surface area contributed by atoms with Crippen molar-refractivity contribution in [3.05, 3.63) is 47.8 Å². The van der Waals surface area contributed by atoms with Crippen LogP contribution in [0.5, 0.6) is 0 Å². The number of rotatable bonds is 8. The lowest BCUT2D eigenvalue weighted by atomic mass is 10.1. The van der Waals surface area contributed by atoms with E-state index in [1.54, 1.807) is 7.11 Å². The first-order valence-corrected chi connectivity index (χ1v) is 10.0. The number of benzene rings is 1. The molecular formula is C21H27N5O4. The van der Waals surface area contributed by atoms with Crippen molar-refractivity contribution in [2.75, 3.05) is 12.4 Å². The molecule has 2 aromatic rings. The van der Waals surface area contributed by atoms with Crippen LogP contribution in [0.3, 0.4) is 0 Å². The number of ether oxygens (including phenoxy) is 1. The number of anilines is 1. The first kappa shape index (κ1) is 21.5. The molecule has 0 saturated heterocycles. The molecule has 3 N–H and O–H groups in total. The van der Waals surface area contributed by atoms with Gasteiger partial charge >= 0.3 is 11.8 Å². The van der Waals surface area contributed by atoms with Crippen LogP contribution in [0.4, 0.5) is 5.69 Å². The number of carbonyl (C=O) groups excluding carboxylic acids is 3. The second-order valence-corrected chi connectivity index (χ2v) is 7.36. The average Bonchev–Trinajstić information content (AvgIpc) is 3.39. The quantitative estimate of drug-likeness (QED) is 0.565. The molecule has 1 aliphatic rings. The molecule has 160 valence electrons. The third-order valence-electron chi connectivity index (χ3n) is 4.91. The Balaban J connectivity index is 1.42. The zero-order chi connectivity index (χ0) is 21.3. The summed E-state index contributed by atoms with van der Waals surface area (Å²) in [7, 11) is 1.63. The molecule has 30 heavy (non-hydrogen) atoms. The minimum absolute atomic E-state index is 0.0671. The molecule has 1 aromatic carbocycles. The summed E-state index contributed by atoms with van der Waals surface area (Å²) in [6, 6.07) is 7.79. The van der Waals surface area contributed by atoms with Gasteiger partial charge in [-0.25, -0.2) is 0 Å². The van der Waals surface area contributed by atoms with Crippen LogP contribution in [0.25, 0.3) is 0 Å². The SMILES string of the molecule is COCc1ccc(CNC(=O)C(=O)Nc2cnn(CC(=O)NC3CCCC3)c2)cc1. The molecule has 0 radical (unpaired) electrons. The van der Waals surface area contributed by atoms with Crippen LogP contribution in [-0.2, 0) is 38.8 Å². The van der Waals surface area contributed by atoms with Gasteiger partial charge in [0.05, 0.1) is 18.5 Å². The number of amides is 3. The molecule has 0 spiro atoms. The van der Waals surface area contributed by atoms with Gasteiger partial charge in [-0.15, -0.1) is 0 Å². The van der Waals surface area contributed by atoms with Crippen LogP contribution in [0, 0.1) is 0 Å². The number of aromatic nitrogens is 2. The van der Waals surface area contributed by atoms with Gasteiger partial charge in [-0.2, -0.15) is 5.10 Å². The maximum atomic E-state index is 12.1. The Morgan fingerprint density at radius 2 is 1.80 bits per heavy atom. The minimum Gasteiger partial charge on any atom is -0.380 e. The van der Waals surface area contributed by atoms with E-state index >= 15 is 0 Å². The van der Waals surface area contributed by atoms with Crippen LogP contribution >= 0.6 is 0 Å². The van der Waals surface area contributed by atoms with Gasteiger partial charge in [0.2, 0.25) is 5.91 Å². The Labute approximate surface area is 175 Å². The maximum absolute atomic E-state index is 12.1. The van der Waals surface area contributed by atoms with Crippen LogP contribution in [0.15, 0.2) is 36.7 Å². The number of hydrogen-bond acceptors (Lipinski definition) is 5. The van der Waals surface area contributed by atoms with Gasteiger partial charge < -0.3 is 20.7 Å². The molecule has 3 amide bonds. The van der Waals surface area contributed by atoms with E-state index in [0.717, 1.165) is 36.8 Å². The van der Waals surface area contributed by atoms with Crippen molar-refractivity contribution in [3.63, 3.8) is 0 Å². The zero-order valence-corrected chi connectivity index (χ0v) is 17.0. The normalized spacial score (nSPS) is 13.8. The molecule has 1 heterocycles. The van der Waals surface area contributed by atoms with E-state index in [-0.39, 0.29) is 25.0 Å². The molecule has 0 bridgehead atoms. The molecule has 9 heteroatoms. The molecule has 3 rings (SSSR count). The van der Waals surface area contributed by atoms with E-state index in [1.807, 2.05) is 24.3 Å². The van der Waals surface area contributed by atoms with Crippen LogP contribution in [0.2, 0.25) is 0 Å². The molecular weight excluding hydrogens is 386 g/mol. The fourth-order valence-electron chi connectivity index (χ4n) is 3.38. The summed E-state index contributed by atoms with van der Waals surface area (Å²) >= 11 is 0. The van der Waals surface area contributed by atoms with E-state index < -0.39 is 11.8 Å². The predicted molar refractivity (Wildman–Crippen MR) is 110 cm³/mol. The number of nitrogens with zero attached hydrogens (tertiary/aromatic N) is 2. The summed E-state index contributed by atoms with van der Waals surface area (Å²) in [6.45, 7) is 0.822. The van der Waals surface area contributed by atoms with Crippen molar-refractivity contribution in [2.24, 2.45) is 0 Å². The van der Waals surface area contributed by atoms with Crippen LogP contribution in [-0.4, -0.2) is 40.7 Å². The largest absolute Gasteiger partial charge is 0.380 e. The first-order valence-electron chi connectivity index (χ1n) is 10.0. The van der Waals surface area contributed by atoms with E-state index in [2.05, 4.69) is 21.0 Å². The Kier molecular flexibility index (Phi) is 7.56. The van der Waals surface area contributed by atoms with Gasteiger partial charge in [0.25, 0.3) is 0 Å². The summed E-state index contributed by atoms with van der Waals surface area (Å²) in [5.41, 5.74) is 2.25. The topological polar surface area (TPSA) is 114 Å². The highest BCUT2D eigenvalue weighted by Gasteiger charge is 2.18. The lowest BCUT2D eigenvalue weighted by Gasteiger charge is -2.11. The zero-order valence-electron chi connectivity index (χ0n) is 17.0. The van der Waals surface area contributed by atoms with E-state index in [4.69, 9.17) is 4.74 Å². The van der Waals surface area contributed by atoms with Crippen molar-refractivity contribution in [2.45, 2.75) is 51.4 Å². The lowest BCUT2D eigenvalue weighted by Crippen LogP contribution is -2.35. The Morgan fingerprint density at radius 1 is 1.10 bits per heavy atom. The van der Waals surface area contributed by atoms with Crippen LogP contribution in [0.1, 0.15) is 36.8 Å². The van der Waals surface area contributed by atoms with Gasteiger partial charge in [0, 0.05) is 25.9 Å². The summed E-state index contributed by atoms with van der Waals surface area (Å²) in [4.78, 5) is 36.2. The van der Waals surface area contributed by atoms with E-state index in [0.29, 0.717) is 12.3 Å². The molecule has 0 atom stereocenters. The predicted octanol–water partition coefficient (Wildman–Crippen LogP) is 1.34. The summed E-state index contributed by atoms with van der Waals surface area (Å²) in [5, 5.41) is 12.1. The smallest absolute Gasteiger partial charge is 0.313 e. The molecule has 1 fully saturated rings. The molecule has 1 aromatic heterocycles. The van der Waals surface area contributed by atoms with Gasteiger partial charge in [0.15, 0.2) is 0 Å². The third kappa shape index (κ3) is 6.41. The second-order valence-electron chi connectivity index (χ2n) is 7.36. The second kappa shape index (κ2) is 10.5. The van der Waals surface area contributed by atoms with Gasteiger partial charge in [-0.1, -0.05) is 37.1 Å². The fraction of sp³-hybridized carbons (Fsp3) is 0.429. The van der Waals surface area contributed by atoms with Gasteiger partial charge in [-0.3, -0.25) is 19.1 Å². The first-order chi connectivity index (χ1) is 14.5. The van der Waals surface area contributed by atoms with E-state index in [1.165, 1.54) is 17.1 Å². The maximum Gasteiger partial charge on any atom is 0.313 e. The Bertz CT molecular complexity index is 872. The Morgan fingerprint density at radius 3 is 2.50 bits per heavy atom. The van der Waals surface area contributed by atoms with Crippen molar-refractivity contribution >= 4 is 23.4 Å². The number of carbonyl (C=O) groups is 3. The molecule has 1 saturated carbocycles. The third-order valence-corrected chi connectivity index (χ3v) is 4.91. The fourth-order valence-corrected chi connectivity index (χ4v) is 3.38. The molecule has 0 unspecified atom stereocenters. The van der Waals surface area contributed by atoms with Crippen molar-refractivity contribution in [3.8, 4) is 0 Å². The standard InChI is InChI=1S/C21H27N5O4/c1-30-14-16-8-6-15(7-9-16)10-22-20(28)21(29)25-18-11-23-26(12-18)13-19(27)24-17-4-2-3-5-17/h6-9,11-12,17H,2-5,10,13-14H2,1H3,(H,22,28)(H,24,27)(H,25,29). The lowest BCUT2D eigenvalue weighted by molar-refractivity contribution is -0.136. The van der Waals surface area contributed by atoms with E-state index in [9.17, 15) is 14.4 Å². The molecule has 0 aliphatic heterocycles. The number of nitrogens with one attached hydrogen (secondary N) is 3. The molecule has 1 aliphatic carbocycles.